The van der Waals surface area contributed by atoms with Gasteiger partial charge in [0.15, 0.2) is 5.82 Å². The van der Waals surface area contributed by atoms with E-state index in [0.29, 0.717) is 23.9 Å². The minimum absolute atomic E-state index is 0.611. The molecule has 1 aliphatic heterocycles. The number of nitrogens with two attached hydrogens (primary N) is 1. The maximum absolute atomic E-state index is 6.11. The van der Waals surface area contributed by atoms with Crippen molar-refractivity contribution in [1.29, 1.82) is 0 Å². The van der Waals surface area contributed by atoms with E-state index in [1.165, 1.54) is 12.8 Å². The number of ether oxygens (including phenoxy) is 1. The van der Waals surface area contributed by atoms with Crippen LogP contribution in [0.2, 0.25) is 0 Å². The van der Waals surface area contributed by atoms with E-state index in [2.05, 4.69) is 20.4 Å². The summed E-state index contributed by atoms with van der Waals surface area (Å²) < 4.78 is 6.11. The molecule has 1 aliphatic rings. The summed E-state index contributed by atoms with van der Waals surface area (Å²) in [5, 5.41) is 12.5. The standard InChI is InChI=1S/C27H27N7O/c28-20-5-3-4-18(14-20)26-31-25-9-7-22(35-13-12-34-10-1-2-11-34)16-23(25)27(32-26)30-21-6-8-24-19(15-21)17-29-33-24/h3-9,14-17H,1-2,10-13,28H2,(H,29,33)(H,30,31,32). The van der Waals surface area contributed by atoms with Gasteiger partial charge in [-0.05, 0) is 74.5 Å². The van der Waals surface area contributed by atoms with Gasteiger partial charge in [0, 0.05) is 34.3 Å². The topological polar surface area (TPSA) is 105 Å². The molecule has 5 aromatic rings. The maximum Gasteiger partial charge on any atom is 0.162 e. The SMILES string of the molecule is Nc1cccc(-c2nc(Nc3ccc4[nH]ncc4c3)c3cc(OCCN4CCCC4)ccc3n2)c1. The number of aromatic nitrogens is 4. The van der Waals surface area contributed by atoms with Crippen LogP contribution >= 0.6 is 0 Å². The van der Waals surface area contributed by atoms with E-state index >= 15 is 0 Å². The van der Waals surface area contributed by atoms with Gasteiger partial charge in [-0.25, -0.2) is 9.97 Å². The molecular formula is C27H27N7O. The Morgan fingerprint density at radius 1 is 1.00 bits per heavy atom. The van der Waals surface area contributed by atoms with Crippen LogP contribution in [-0.2, 0) is 0 Å². The van der Waals surface area contributed by atoms with Gasteiger partial charge in [-0.15, -0.1) is 0 Å². The number of nitrogens with one attached hydrogen (secondary N) is 2. The Morgan fingerprint density at radius 2 is 1.91 bits per heavy atom. The predicted octanol–water partition coefficient (Wildman–Crippen LogP) is 4.97. The molecule has 4 N–H and O–H groups in total. The monoisotopic (exact) mass is 465 g/mol. The molecule has 1 fully saturated rings. The summed E-state index contributed by atoms with van der Waals surface area (Å²) in [6, 6.07) is 19.7. The first-order chi connectivity index (χ1) is 17.2. The minimum atomic E-state index is 0.611. The average Bonchev–Trinajstić information content (AvgIpc) is 3.56. The number of hydrogen-bond acceptors (Lipinski definition) is 7. The van der Waals surface area contributed by atoms with Gasteiger partial charge in [-0.1, -0.05) is 12.1 Å². The molecule has 0 unspecified atom stereocenters. The van der Waals surface area contributed by atoms with Crippen LogP contribution in [0, 0.1) is 0 Å². The third-order valence-electron chi connectivity index (χ3n) is 6.39. The van der Waals surface area contributed by atoms with Crippen LogP contribution in [-0.4, -0.2) is 51.3 Å². The molecular weight excluding hydrogens is 438 g/mol. The summed E-state index contributed by atoms with van der Waals surface area (Å²) in [4.78, 5) is 12.2. The Balaban J connectivity index is 1.36. The molecule has 0 bridgehead atoms. The number of anilines is 3. The Hall–Kier alpha value is -4.17. The minimum Gasteiger partial charge on any atom is -0.492 e. The van der Waals surface area contributed by atoms with E-state index in [0.717, 1.165) is 58.4 Å². The Morgan fingerprint density at radius 3 is 2.80 bits per heavy atom. The molecule has 0 atom stereocenters. The van der Waals surface area contributed by atoms with Crippen LogP contribution < -0.4 is 15.8 Å². The van der Waals surface area contributed by atoms with Crippen LogP contribution in [0.4, 0.5) is 17.2 Å². The van der Waals surface area contributed by atoms with E-state index in [4.69, 9.17) is 20.4 Å². The molecule has 3 aromatic carbocycles. The second kappa shape index (κ2) is 9.23. The molecule has 176 valence electrons. The molecule has 0 aliphatic carbocycles. The van der Waals surface area contributed by atoms with Gasteiger partial charge in [-0.3, -0.25) is 10.00 Å². The summed E-state index contributed by atoms with van der Waals surface area (Å²) in [7, 11) is 0. The van der Waals surface area contributed by atoms with Gasteiger partial charge in [0.2, 0.25) is 0 Å². The molecule has 0 spiro atoms. The van der Waals surface area contributed by atoms with Crippen LogP contribution in [0.1, 0.15) is 12.8 Å². The van der Waals surface area contributed by atoms with Crippen LogP contribution in [0.15, 0.2) is 66.9 Å². The molecule has 6 rings (SSSR count). The van der Waals surface area contributed by atoms with Crippen LogP contribution in [0.3, 0.4) is 0 Å². The highest BCUT2D eigenvalue weighted by Gasteiger charge is 2.14. The molecule has 0 radical (unpaired) electrons. The van der Waals surface area contributed by atoms with E-state index in [1.807, 2.05) is 66.9 Å². The van der Waals surface area contributed by atoms with Crippen molar-refractivity contribution >= 4 is 39.0 Å². The van der Waals surface area contributed by atoms with Crippen LogP contribution in [0.5, 0.6) is 5.75 Å². The van der Waals surface area contributed by atoms with Gasteiger partial charge in [-0.2, -0.15) is 5.10 Å². The summed E-state index contributed by atoms with van der Waals surface area (Å²) >= 11 is 0. The third kappa shape index (κ3) is 4.61. The molecule has 8 nitrogen and oxygen atoms in total. The number of rotatable bonds is 7. The number of nitrogen functional groups attached to an aromatic ring is 1. The molecule has 35 heavy (non-hydrogen) atoms. The Bertz CT molecular complexity index is 1490. The number of nitrogens with zero attached hydrogens (tertiary/aromatic N) is 4. The van der Waals surface area contributed by atoms with Gasteiger partial charge in [0.25, 0.3) is 0 Å². The van der Waals surface area contributed by atoms with Gasteiger partial charge >= 0.3 is 0 Å². The molecule has 3 heterocycles. The van der Waals surface area contributed by atoms with E-state index < -0.39 is 0 Å². The Labute approximate surface area is 203 Å². The van der Waals surface area contributed by atoms with Crippen molar-refractivity contribution in [3.8, 4) is 17.1 Å². The summed E-state index contributed by atoms with van der Waals surface area (Å²) in [6.07, 6.45) is 4.37. The van der Waals surface area contributed by atoms with Crippen molar-refractivity contribution in [2.24, 2.45) is 0 Å². The second-order valence-electron chi connectivity index (χ2n) is 8.89. The van der Waals surface area contributed by atoms with Crippen molar-refractivity contribution in [3.05, 3.63) is 66.9 Å². The third-order valence-corrected chi connectivity index (χ3v) is 6.39. The first-order valence-corrected chi connectivity index (χ1v) is 11.9. The summed E-state index contributed by atoms with van der Waals surface area (Å²) in [5.74, 6) is 2.13. The average molecular weight is 466 g/mol. The van der Waals surface area contributed by atoms with Gasteiger partial charge in [0.1, 0.15) is 18.2 Å². The predicted molar refractivity (Wildman–Crippen MR) is 140 cm³/mol. The van der Waals surface area contributed by atoms with Gasteiger partial charge < -0.3 is 15.8 Å². The summed E-state index contributed by atoms with van der Waals surface area (Å²) in [6.45, 7) is 3.93. The number of aromatic amines is 1. The molecule has 0 saturated carbocycles. The summed E-state index contributed by atoms with van der Waals surface area (Å²) in [5.41, 5.74) is 10.3. The normalized spacial score (nSPS) is 14.1. The van der Waals surface area contributed by atoms with Crippen molar-refractivity contribution in [2.75, 3.05) is 37.3 Å². The lowest BCUT2D eigenvalue weighted by atomic mass is 10.1. The number of likely N-dealkylation sites (tertiary alicyclic amines) is 1. The fourth-order valence-corrected chi connectivity index (χ4v) is 4.56. The van der Waals surface area contributed by atoms with Crippen molar-refractivity contribution < 1.29 is 4.74 Å². The highest BCUT2D eigenvalue weighted by atomic mass is 16.5. The van der Waals surface area contributed by atoms with Crippen molar-refractivity contribution in [3.63, 3.8) is 0 Å². The lowest BCUT2D eigenvalue weighted by Crippen LogP contribution is -2.25. The highest BCUT2D eigenvalue weighted by Crippen LogP contribution is 2.31. The Kier molecular flexibility index (Phi) is 5.64. The second-order valence-corrected chi connectivity index (χ2v) is 8.89. The highest BCUT2D eigenvalue weighted by molar-refractivity contribution is 5.94. The maximum atomic E-state index is 6.11. The lowest BCUT2D eigenvalue weighted by molar-refractivity contribution is 0.238. The lowest BCUT2D eigenvalue weighted by Gasteiger charge is -2.16. The number of fused-ring (bicyclic) bond motifs is 2. The number of benzene rings is 3. The largest absolute Gasteiger partial charge is 0.492 e. The van der Waals surface area contributed by atoms with E-state index in [9.17, 15) is 0 Å². The van der Waals surface area contributed by atoms with Crippen molar-refractivity contribution in [2.45, 2.75) is 12.8 Å². The molecule has 2 aromatic heterocycles. The smallest absolute Gasteiger partial charge is 0.162 e. The van der Waals surface area contributed by atoms with E-state index in [-0.39, 0.29) is 0 Å². The quantitative estimate of drug-likeness (QED) is 0.291. The van der Waals surface area contributed by atoms with Crippen molar-refractivity contribution in [1.82, 2.24) is 25.1 Å². The molecule has 8 heteroatoms. The zero-order valence-electron chi connectivity index (χ0n) is 19.4. The number of hydrogen-bond donors (Lipinski definition) is 3. The van der Waals surface area contributed by atoms with Crippen LogP contribution in [0.25, 0.3) is 33.2 Å². The van der Waals surface area contributed by atoms with E-state index in [1.54, 1.807) is 0 Å². The number of H-pyrrole nitrogens is 1. The van der Waals surface area contributed by atoms with Gasteiger partial charge in [0.05, 0.1) is 17.2 Å². The molecule has 0 amide bonds. The fraction of sp³-hybridized carbons (Fsp3) is 0.222. The first-order valence-electron chi connectivity index (χ1n) is 11.9. The fourth-order valence-electron chi connectivity index (χ4n) is 4.56. The molecule has 1 saturated heterocycles. The zero-order chi connectivity index (χ0) is 23.6. The first kappa shape index (κ1) is 21.4. The zero-order valence-corrected chi connectivity index (χ0v) is 19.4.